The highest BCUT2D eigenvalue weighted by Crippen LogP contribution is 2.09. The van der Waals surface area contributed by atoms with Crippen LogP contribution in [0, 0.1) is 5.92 Å². The summed E-state index contributed by atoms with van der Waals surface area (Å²) in [6.45, 7) is 5.75. The van der Waals surface area contributed by atoms with E-state index in [-0.39, 0.29) is 17.7 Å². The highest BCUT2D eigenvalue weighted by atomic mass is 35.5. The fourth-order valence-electron chi connectivity index (χ4n) is 1.85. The molecule has 5 heteroatoms. The van der Waals surface area contributed by atoms with E-state index in [2.05, 4.69) is 10.6 Å². The number of carbonyl (C=O) groups is 2. The second-order valence-electron chi connectivity index (χ2n) is 5.09. The van der Waals surface area contributed by atoms with Gasteiger partial charge < -0.3 is 10.6 Å². The molecule has 0 fully saturated rings. The first-order chi connectivity index (χ1) is 9.40. The van der Waals surface area contributed by atoms with Crippen molar-refractivity contribution in [3.8, 4) is 0 Å². The van der Waals surface area contributed by atoms with Crippen LogP contribution >= 0.6 is 11.6 Å². The molecule has 4 nitrogen and oxygen atoms in total. The van der Waals surface area contributed by atoms with Crippen molar-refractivity contribution in [2.75, 3.05) is 6.54 Å². The smallest absolute Gasteiger partial charge is 0.242 e. The third-order valence-corrected chi connectivity index (χ3v) is 3.19. The van der Waals surface area contributed by atoms with Crippen molar-refractivity contribution >= 4 is 23.4 Å². The van der Waals surface area contributed by atoms with Crippen LogP contribution in [0.15, 0.2) is 24.3 Å². The molecule has 1 aromatic rings. The van der Waals surface area contributed by atoms with E-state index in [1.807, 2.05) is 38.1 Å². The summed E-state index contributed by atoms with van der Waals surface area (Å²) in [6.07, 6.45) is 0.730. The second-order valence-corrected chi connectivity index (χ2v) is 5.53. The van der Waals surface area contributed by atoms with E-state index in [0.717, 1.165) is 12.0 Å². The molecule has 1 atom stereocenters. The minimum absolute atomic E-state index is 0.0504. The first-order valence-electron chi connectivity index (χ1n) is 6.69. The maximum atomic E-state index is 12.0. The van der Waals surface area contributed by atoms with Gasteiger partial charge in [-0.1, -0.05) is 37.6 Å². The van der Waals surface area contributed by atoms with E-state index in [0.29, 0.717) is 11.6 Å². The van der Waals surface area contributed by atoms with Gasteiger partial charge in [0, 0.05) is 18.5 Å². The van der Waals surface area contributed by atoms with E-state index >= 15 is 0 Å². The molecule has 0 aromatic heterocycles. The monoisotopic (exact) mass is 296 g/mol. The number of benzene rings is 1. The zero-order chi connectivity index (χ0) is 15.1. The molecule has 0 aliphatic carbocycles. The predicted octanol–water partition coefficient (Wildman–Crippen LogP) is 2.16. The number of amides is 2. The average molecular weight is 297 g/mol. The lowest BCUT2D eigenvalue weighted by atomic mass is 10.0. The lowest BCUT2D eigenvalue weighted by molar-refractivity contribution is -0.129. The minimum atomic E-state index is -0.488. The Morgan fingerprint density at radius 1 is 1.20 bits per heavy atom. The highest BCUT2D eigenvalue weighted by Gasteiger charge is 2.22. The molecule has 0 heterocycles. The maximum Gasteiger partial charge on any atom is 0.242 e. The molecule has 110 valence electrons. The molecule has 0 radical (unpaired) electrons. The molecule has 1 rings (SSSR count). The zero-order valence-electron chi connectivity index (χ0n) is 12.1. The number of carbonyl (C=O) groups excluding carboxylic acids is 2. The normalized spacial score (nSPS) is 12.1. The van der Waals surface area contributed by atoms with Gasteiger partial charge in [0.05, 0.1) is 0 Å². The molecule has 0 saturated heterocycles. The van der Waals surface area contributed by atoms with Crippen LogP contribution in [0.2, 0.25) is 5.02 Å². The summed E-state index contributed by atoms with van der Waals surface area (Å²) in [5.74, 6) is -0.296. The van der Waals surface area contributed by atoms with E-state index in [9.17, 15) is 9.59 Å². The SMILES string of the molecule is CC(=O)N[C@@H](C(=O)NCCc1ccc(Cl)cc1)C(C)C. The van der Waals surface area contributed by atoms with E-state index in [1.165, 1.54) is 6.92 Å². The fourth-order valence-corrected chi connectivity index (χ4v) is 1.97. The highest BCUT2D eigenvalue weighted by molar-refractivity contribution is 6.30. The standard InChI is InChI=1S/C15H21ClN2O2/c1-10(2)14(18-11(3)19)15(20)17-9-8-12-4-6-13(16)7-5-12/h4-7,10,14H,8-9H2,1-3H3,(H,17,20)(H,18,19)/t14-/m1/s1. The summed E-state index contributed by atoms with van der Waals surface area (Å²) in [5, 5.41) is 6.21. The molecule has 0 aliphatic rings. The molecule has 0 bridgehead atoms. The molecular weight excluding hydrogens is 276 g/mol. The third-order valence-electron chi connectivity index (χ3n) is 2.93. The first kappa shape index (κ1) is 16.5. The molecule has 1 aromatic carbocycles. The summed E-state index contributed by atoms with van der Waals surface area (Å²) in [5.41, 5.74) is 1.11. The largest absolute Gasteiger partial charge is 0.354 e. The van der Waals surface area contributed by atoms with Gasteiger partial charge in [-0.2, -0.15) is 0 Å². The quantitative estimate of drug-likeness (QED) is 0.845. The van der Waals surface area contributed by atoms with Crippen molar-refractivity contribution in [3.63, 3.8) is 0 Å². The maximum absolute atomic E-state index is 12.0. The minimum Gasteiger partial charge on any atom is -0.354 e. The van der Waals surface area contributed by atoms with E-state index in [1.54, 1.807) is 0 Å². The molecule has 0 aliphatic heterocycles. The molecule has 0 spiro atoms. The predicted molar refractivity (Wildman–Crippen MR) is 80.6 cm³/mol. The summed E-state index contributed by atoms with van der Waals surface area (Å²) in [4.78, 5) is 23.1. The fraction of sp³-hybridized carbons (Fsp3) is 0.467. The van der Waals surface area contributed by atoms with Crippen molar-refractivity contribution in [3.05, 3.63) is 34.9 Å². The van der Waals surface area contributed by atoms with Gasteiger partial charge in [-0.3, -0.25) is 9.59 Å². The van der Waals surface area contributed by atoms with Crippen LogP contribution in [0.5, 0.6) is 0 Å². The third kappa shape index (κ3) is 5.61. The Morgan fingerprint density at radius 3 is 2.30 bits per heavy atom. The van der Waals surface area contributed by atoms with Gasteiger partial charge in [-0.05, 0) is 30.0 Å². The van der Waals surface area contributed by atoms with Gasteiger partial charge in [0.1, 0.15) is 6.04 Å². The number of nitrogens with one attached hydrogen (secondary N) is 2. The van der Waals surface area contributed by atoms with Crippen molar-refractivity contribution < 1.29 is 9.59 Å². The molecule has 2 amide bonds. The Hall–Kier alpha value is -1.55. The van der Waals surface area contributed by atoms with Crippen LogP contribution in [0.25, 0.3) is 0 Å². The Labute approximate surface area is 124 Å². The van der Waals surface area contributed by atoms with E-state index in [4.69, 9.17) is 11.6 Å². The molecule has 0 unspecified atom stereocenters. The Kier molecular flexibility index (Phi) is 6.52. The van der Waals surface area contributed by atoms with Crippen LogP contribution in [-0.2, 0) is 16.0 Å². The number of hydrogen-bond donors (Lipinski definition) is 2. The number of hydrogen-bond acceptors (Lipinski definition) is 2. The van der Waals surface area contributed by atoms with Gasteiger partial charge in [-0.25, -0.2) is 0 Å². The average Bonchev–Trinajstić information content (AvgIpc) is 2.37. The van der Waals surface area contributed by atoms with Crippen molar-refractivity contribution in [2.45, 2.75) is 33.2 Å². The van der Waals surface area contributed by atoms with E-state index < -0.39 is 6.04 Å². The van der Waals surface area contributed by atoms with Crippen LogP contribution in [0.3, 0.4) is 0 Å². The summed E-state index contributed by atoms with van der Waals surface area (Å²) < 4.78 is 0. The van der Waals surface area contributed by atoms with Crippen LogP contribution in [0.1, 0.15) is 26.3 Å². The topological polar surface area (TPSA) is 58.2 Å². The Bertz CT molecular complexity index is 457. The Morgan fingerprint density at radius 2 is 1.80 bits per heavy atom. The zero-order valence-corrected chi connectivity index (χ0v) is 12.8. The van der Waals surface area contributed by atoms with Crippen LogP contribution < -0.4 is 10.6 Å². The number of halogens is 1. The van der Waals surface area contributed by atoms with Crippen LogP contribution in [-0.4, -0.2) is 24.4 Å². The first-order valence-corrected chi connectivity index (χ1v) is 7.07. The molecule has 2 N–H and O–H groups in total. The van der Waals surface area contributed by atoms with Gasteiger partial charge in [0.2, 0.25) is 11.8 Å². The van der Waals surface area contributed by atoms with Crippen molar-refractivity contribution in [1.82, 2.24) is 10.6 Å². The summed E-state index contributed by atoms with van der Waals surface area (Å²) >= 11 is 5.81. The lowest BCUT2D eigenvalue weighted by Gasteiger charge is -2.20. The molecule has 20 heavy (non-hydrogen) atoms. The summed E-state index contributed by atoms with van der Waals surface area (Å²) in [7, 11) is 0. The van der Waals surface area contributed by atoms with Gasteiger partial charge in [-0.15, -0.1) is 0 Å². The van der Waals surface area contributed by atoms with Crippen molar-refractivity contribution in [1.29, 1.82) is 0 Å². The lowest BCUT2D eigenvalue weighted by Crippen LogP contribution is -2.49. The Balaban J connectivity index is 2.44. The molecular formula is C15H21ClN2O2. The number of rotatable bonds is 6. The van der Waals surface area contributed by atoms with Crippen LogP contribution in [0.4, 0.5) is 0 Å². The molecule has 0 saturated carbocycles. The van der Waals surface area contributed by atoms with Crippen molar-refractivity contribution in [2.24, 2.45) is 5.92 Å². The summed E-state index contributed by atoms with van der Waals surface area (Å²) in [6, 6.07) is 7.03. The van der Waals surface area contributed by atoms with Gasteiger partial charge in [0.15, 0.2) is 0 Å². The second kappa shape index (κ2) is 7.90. The van der Waals surface area contributed by atoms with Gasteiger partial charge in [0.25, 0.3) is 0 Å². The van der Waals surface area contributed by atoms with Gasteiger partial charge >= 0.3 is 0 Å².